The molecule has 7 heteroatoms. The maximum absolute atomic E-state index is 12.2. The number of ether oxygens (including phenoxy) is 1. The van der Waals surface area contributed by atoms with Crippen molar-refractivity contribution in [3.8, 4) is 11.3 Å². The molecule has 0 aromatic carbocycles. The van der Waals surface area contributed by atoms with Gasteiger partial charge in [0, 0.05) is 57.3 Å². The van der Waals surface area contributed by atoms with Gasteiger partial charge in [0.05, 0.1) is 11.4 Å². The normalized spacial score (nSPS) is 21.4. The van der Waals surface area contributed by atoms with E-state index in [2.05, 4.69) is 26.4 Å². The summed E-state index contributed by atoms with van der Waals surface area (Å²) in [6.45, 7) is 3.53. The Balaban J connectivity index is 1.29. The van der Waals surface area contributed by atoms with Gasteiger partial charge in [-0.05, 0) is 43.9 Å². The Morgan fingerprint density at radius 3 is 2.89 bits per heavy atom. The maximum Gasteiger partial charge on any atom is 0.249 e. The van der Waals surface area contributed by atoms with Crippen LogP contribution in [0.25, 0.3) is 11.3 Å². The second-order valence-corrected chi connectivity index (χ2v) is 7.45. The number of aryl methyl sites for hydroxylation is 1. The molecular formula is C20H27N5O2. The summed E-state index contributed by atoms with van der Waals surface area (Å²) < 4.78 is 7.42. The fraction of sp³-hybridized carbons (Fsp3) is 0.550. The number of hydrogen-bond donors (Lipinski definition) is 1. The quantitative estimate of drug-likeness (QED) is 0.869. The molecule has 4 rings (SSSR count). The molecule has 2 aromatic heterocycles. The van der Waals surface area contributed by atoms with Crippen LogP contribution >= 0.6 is 0 Å². The maximum atomic E-state index is 12.2. The van der Waals surface area contributed by atoms with Crippen molar-refractivity contribution in [1.82, 2.24) is 25.0 Å². The lowest BCUT2D eigenvalue weighted by Gasteiger charge is -2.32. The molecule has 2 saturated heterocycles. The van der Waals surface area contributed by atoms with Crippen LogP contribution in [-0.4, -0.2) is 57.4 Å². The molecule has 0 unspecified atom stereocenters. The molecule has 4 heterocycles. The Bertz CT molecular complexity index is 762. The minimum atomic E-state index is -0.233. The molecule has 2 aliphatic rings. The lowest BCUT2D eigenvalue weighted by Crippen LogP contribution is -2.47. The Morgan fingerprint density at radius 2 is 2.19 bits per heavy atom. The highest BCUT2D eigenvalue weighted by molar-refractivity contribution is 5.81. The molecule has 1 N–H and O–H groups in total. The van der Waals surface area contributed by atoms with Gasteiger partial charge < -0.3 is 10.1 Å². The average molecular weight is 369 g/mol. The number of aromatic nitrogens is 3. The first-order valence-corrected chi connectivity index (χ1v) is 9.77. The molecular weight excluding hydrogens is 342 g/mol. The molecule has 2 aliphatic heterocycles. The zero-order valence-corrected chi connectivity index (χ0v) is 15.8. The van der Waals surface area contributed by atoms with Gasteiger partial charge in [-0.3, -0.25) is 19.4 Å². The number of pyridine rings is 1. The monoisotopic (exact) mass is 369 g/mol. The molecule has 0 saturated carbocycles. The van der Waals surface area contributed by atoms with Crippen molar-refractivity contribution in [3.63, 3.8) is 0 Å². The van der Waals surface area contributed by atoms with E-state index in [0.717, 1.165) is 56.6 Å². The second kappa shape index (κ2) is 8.19. The number of piperidine rings is 1. The Hall–Kier alpha value is -2.25. The molecule has 1 atom stereocenters. The predicted octanol–water partition coefficient (Wildman–Crippen LogP) is 1.74. The Labute approximate surface area is 159 Å². The van der Waals surface area contributed by atoms with Gasteiger partial charge in [-0.25, -0.2) is 0 Å². The van der Waals surface area contributed by atoms with Crippen molar-refractivity contribution in [2.45, 2.75) is 44.4 Å². The molecule has 0 aliphatic carbocycles. The third kappa shape index (κ3) is 4.36. The number of carbonyl (C=O) groups is 1. The predicted molar refractivity (Wildman–Crippen MR) is 102 cm³/mol. The van der Waals surface area contributed by atoms with E-state index in [1.807, 2.05) is 30.1 Å². The lowest BCUT2D eigenvalue weighted by molar-refractivity contribution is -0.131. The summed E-state index contributed by atoms with van der Waals surface area (Å²) >= 11 is 0. The van der Waals surface area contributed by atoms with E-state index in [1.54, 1.807) is 6.20 Å². The average Bonchev–Trinajstić information content (AvgIpc) is 3.35. The number of rotatable bonds is 5. The SMILES string of the molecule is Cn1nc(-c2cccnc2)cc1CN1CCC(NC(=O)[C@@H]2CCCO2)CC1. The van der Waals surface area contributed by atoms with Crippen molar-refractivity contribution >= 4 is 5.91 Å². The summed E-state index contributed by atoms with van der Waals surface area (Å²) in [6.07, 6.45) is 7.18. The fourth-order valence-corrected chi connectivity index (χ4v) is 3.85. The Morgan fingerprint density at radius 1 is 1.33 bits per heavy atom. The van der Waals surface area contributed by atoms with Gasteiger partial charge in [-0.2, -0.15) is 5.10 Å². The van der Waals surface area contributed by atoms with E-state index in [0.29, 0.717) is 6.61 Å². The number of nitrogens with one attached hydrogen (secondary N) is 1. The summed E-state index contributed by atoms with van der Waals surface area (Å²) in [6, 6.07) is 6.36. The first kappa shape index (κ1) is 18.1. The van der Waals surface area contributed by atoms with Crippen LogP contribution in [0.15, 0.2) is 30.6 Å². The van der Waals surface area contributed by atoms with Gasteiger partial charge >= 0.3 is 0 Å². The third-order valence-corrected chi connectivity index (χ3v) is 5.48. The lowest BCUT2D eigenvalue weighted by atomic mass is 10.0. The number of hydrogen-bond acceptors (Lipinski definition) is 5. The largest absolute Gasteiger partial charge is 0.368 e. The highest BCUT2D eigenvalue weighted by Crippen LogP contribution is 2.20. The van der Waals surface area contributed by atoms with E-state index >= 15 is 0 Å². The van der Waals surface area contributed by atoms with Crippen molar-refractivity contribution in [3.05, 3.63) is 36.3 Å². The standard InChI is InChI=1S/C20H27N5O2/c1-24-17(12-18(23-24)15-4-2-8-21-13-15)14-25-9-6-16(7-10-25)22-20(26)19-5-3-11-27-19/h2,4,8,12-13,16,19H,3,5-7,9-11,14H2,1H3,(H,22,26)/t19-/m0/s1. The zero-order chi connectivity index (χ0) is 18.6. The highest BCUT2D eigenvalue weighted by atomic mass is 16.5. The molecule has 1 amide bonds. The van der Waals surface area contributed by atoms with Gasteiger partial charge in [0.2, 0.25) is 5.91 Å². The third-order valence-electron chi connectivity index (χ3n) is 5.48. The molecule has 0 spiro atoms. The summed E-state index contributed by atoms with van der Waals surface area (Å²) in [7, 11) is 1.99. The van der Waals surface area contributed by atoms with Crippen LogP contribution < -0.4 is 5.32 Å². The fourth-order valence-electron chi connectivity index (χ4n) is 3.85. The number of nitrogens with zero attached hydrogens (tertiary/aromatic N) is 4. The molecule has 2 fully saturated rings. The first-order chi connectivity index (χ1) is 13.2. The second-order valence-electron chi connectivity index (χ2n) is 7.45. The smallest absolute Gasteiger partial charge is 0.249 e. The van der Waals surface area contributed by atoms with Gasteiger partial charge in [0.15, 0.2) is 0 Å². The molecule has 0 radical (unpaired) electrons. The zero-order valence-electron chi connectivity index (χ0n) is 15.8. The van der Waals surface area contributed by atoms with Crippen LogP contribution in [0.1, 0.15) is 31.4 Å². The molecule has 7 nitrogen and oxygen atoms in total. The van der Waals surface area contributed by atoms with Crippen molar-refractivity contribution in [2.75, 3.05) is 19.7 Å². The minimum absolute atomic E-state index is 0.0682. The summed E-state index contributed by atoms with van der Waals surface area (Å²) in [5, 5.41) is 7.79. The molecule has 27 heavy (non-hydrogen) atoms. The van der Waals surface area contributed by atoms with Crippen molar-refractivity contribution in [2.24, 2.45) is 7.05 Å². The van der Waals surface area contributed by atoms with E-state index in [9.17, 15) is 4.79 Å². The van der Waals surface area contributed by atoms with E-state index in [1.165, 1.54) is 5.69 Å². The number of likely N-dealkylation sites (tertiary alicyclic amines) is 1. The van der Waals surface area contributed by atoms with Crippen LogP contribution in [-0.2, 0) is 23.1 Å². The van der Waals surface area contributed by atoms with Crippen molar-refractivity contribution < 1.29 is 9.53 Å². The minimum Gasteiger partial charge on any atom is -0.368 e. The van der Waals surface area contributed by atoms with Crippen LogP contribution in [0.5, 0.6) is 0 Å². The van der Waals surface area contributed by atoms with E-state index in [-0.39, 0.29) is 18.1 Å². The Kier molecular flexibility index (Phi) is 5.50. The molecule has 144 valence electrons. The van der Waals surface area contributed by atoms with Crippen molar-refractivity contribution in [1.29, 1.82) is 0 Å². The van der Waals surface area contributed by atoms with Crippen LogP contribution in [0, 0.1) is 0 Å². The number of amides is 1. The molecule has 2 aromatic rings. The van der Waals surface area contributed by atoms with E-state index < -0.39 is 0 Å². The van der Waals surface area contributed by atoms with Crippen LogP contribution in [0.4, 0.5) is 0 Å². The van der Waals surface area contributed by atoms with Gasteiger partial charge in [0.1, 0.15) is 6.10 Å². The van der Waals surface area contributed by atoms with Gasteiger partial charge in [0.25, 0.3) is 0 Å². The molecule has 0 bridgehead atoms. The van der Waals surface area contributed by atoms with Gasteiger partial charge in [-0.15, -0.1) is 0 Å². The number of carbonyl (C=O) groups excluding carboxylic acids is 1. The topological polar surface area (TPSA) is 72.3 Å². The first-order valence-electron chi connectivity index (χ1n) is 9.77. The summed E-state index contributed by atoms with van der Waals surface area (Å²) in [5.41, 5.74) is 3.19. The summed E-state index contributed by atoms with van der Waals surface area (Å²) in [5.74, 6) is 0.0682. The highest BCUT2D eigenvalue weighted by Gasteiger charge is 2.27. The summed E-state index contributed by atoms with van der Waals surface area (Å²) in [4.78, 5) is 18.8. The van der Waals surface area contributed by atoms with Crippen LogP contribution in [0.3, 0.4) is 0 Å². The van der Waals surface area contributed by atoms with E-state index in [4.69, 9.17) is 4.74 Å². The van der Waals surface area contributed by atoms with Crippen LogP contribution in [0.2, 0.25) is 0 Å². The van der Waals surface area contributed by atoms with Gasteiger partial charge in [-0.1, -0.05) is 0 Å².